The minimum atomic E-state index is 0.218. The molecule has 0 aromatic rings. The van der Waals surface area contributed by atoms with Gasteiger partial charge in [0.1, 0.15) is 0 Å². The van der Waals surface area contributed by atoms with Crippen LogP contribution in [0.15, 0.2) is 0 Å². The van der Waals surface area contributed by atoms with Crippen molar-refractivity contribution in [1.82, 2.24) is 0 Å². The number of rotatable bonds is 8. The summed E-state index contributed by atoms with van der Waals surface area (Å²) < 4.78 is 0. The van der Waals surface area contributed by atoms with Gasteiger partial charge in [-0.05, 0) is 43.9 Å². The summed E-state index contributed by atoms with van der Waals surface area (Å²) in [5.74, 6) is 2.58. The Morgan fingerprint density at radius 1 is 0.875 bits per heavy atom. The van der Waals surface area contributed by atoms with Gasteiger partial charge in [-0.25, -0.2) is 0 Å². The number of hydrogen-bond donors (Lipinski definition) is 0. The van der Waals surface area contributed by atoms with Crippen LogP contribution in [0.1, 0.15) is 66.7 Å². The Morgan fingerprint density at radius 2 is 1.38 bits per heavy atom. The van der Waals surface area contributed by atoms with Crippen LogP contribution in [0.5, 0.6) is 0 Å². The van der Waals surface area contributed by atoms with Gasteiger partial charge >= 0.3 is 0 Å². The Bertz CT molecular complexity index is 204. The Labute approximate surface area is 102 Å². The Morgan fingerprint density at radius 3 is 1.88 bits per heavy atom. The molecule has 94 valence electrons. The highest BCUT2D eigenvalue weighted by Crippen LogP contribution is 2.25. The number of nitrogens with zero attached hydrogens (tertiary/aromatic N) is 1. The van der Waals surface area contributed by atoms with E-state index in [2.05, 4.69) is 33.8 Å². The van der Waals surface area contributed by atoms with Crippen molar-refractivity contribution >= 4 is 0 Å². The van der Waals surface area contributed by atoms with Crippen LogP contribution in [0.25, 0.3) is 0 Å². The fraction of sp³-hybridized carbons (Fsp3) is 0.933. The minimum Gasteiger partial charge on any atom is -0.198 e. The van der Waals surface area contributed by atoms with Crippen LogP contribution in [0.4, 0.5) is 0 Å². The van der Waals surface area contributed by atoms with Crippen LogP contribution in [0.2, 0.25) is 0 Å². The summed E-state index contributed by atoms with van der Waals surface area (Å²) in [4.78, 5) is 0. The van der Waals surface area contributed by atoms with E-state index in [4.69, 9.17) is 5.26 Å². The van der Waals surface area contributed by atoms with Crippen molar-refractivity contribution in [3.05, 3.63) is 0 Å². The summed E-state index contributed by atoms with van der Waals surface area (Å²) in [6.45, 7) is 11.3. The second-order valence-electron chi connectivity index (χ2n) is 5.84. The predicted octanol–water partition coefficient (Wildman–Crippen LogP) is 5.02. The summed E-state index contributed by atoms with van der Waals surface area (Å²) in [5.41, 5.74) is 0. The van der Waals surface area contributed by atoms with Gasteiger partial charge < -0.3 is 0 Å². The molecule has 0 bridgehead atoms. The third kappa shape index (κ3) is 7.74. The van der Waals surface area contributed by atoms with Gasteiger partial charge in [0.15, 0.2) is 0 Å². The maximum atomic E-state index is 8.78. The lowest BCUT2D eigenvalue weighted by molar-refractivity contribution is 0.313. The molecule has 0 aliphatic carbocycles. The van der Waals surface area contributed by atoms with E-state index in [-0.39, 0.29) is 5.92 Å². The Hall–Kier alpha value is -0.510. The lowest BCUT2D eigenvalue weighted by Crippen LogP contribution is -2.09. The Kier molecular flexibility index (Phi) is 8.35. The fourth-order valence-electron chi connectivity index (χ4n) is 2.83. The zero-order valence-electron chi connectivity index (χ0n) is 11.8. The fourth-order valence-corrected chi connectivity index (χ4v) is 2.83. The first-order valence-corrected chi connectivity index (χ1v) is 6.89. The van der Waals surface area contributed by atoms with Gasteiger partial charge in [0.05, 0.1) is 6.07 Å². The first-order chi connectivity index (χ1) is 7.49. The maximum absolute atomic E-state index is 8.78. The maximum Gasteiger partial charge on any atom is 0.0652 e. The van der Waals surface area contributed by atoms with Crippen molar-refractivity contribution in [2.24, 2.45) is 23.7 Å². The van der Waals surface area contributed by atoms with Crippen LogP contribution in [-0.2, 0) is 0 Å². The van der Waals surface area contributed by atoms with Crippen LogP contribution < -0.4 is 0 Å². The molecule has 4 atom stereocenters. The number of hydrogen-bond acceptors (Lipinski definition) is 1. The SMILES string of the molecule is CCCC(C)CC(C)CC(C)CC(C)C#N. The van der Waals surface area contributed by atoms with Gasteiger partial charge in [-0.3, -0.25) is 0 Å². The van der Waals surface area contributed by atoms with E-state index in [1.54, 1.807) is 0 Å². The third-order valence-electron chi connectivity index (χ3n) is 3.37. The predicted molar refractivity (Wildman–Crippen MR) is 71.0 cm³/mol. The molecule has 1 nitrogen and oxygen atoms in total. The third-order valence-corrected chi connectivity index (χ3v) is 3.37. The standard InChI is InChI=1S/C15H29N/c1-6-7-12(2)8-13(3)9-14(4)10-15(5)11-16/h12-15H,6-10H2,1-5H3. The molecule has 0 aliphatic rings. The summed E-state index contributed by atoms with van der Waals surface area (Å²) in [7, 11) is 0. The largest absolute Gasteiger partial charge is 0.198 e. The van der Waals surface area contributed by atoms with Gasteiger partial charge in [0.2, 0.25) is 0 Å². The van der Waals surface area contributed by atoms with Crippen LogP contribution in [0.3, 0.4) is 0 Å². The summed E-state index contributed by atoms with van der Waals surface area (Å²) in [6.07, 6.45) is 6.34. The zero-order valence-corrected chi connectivity index (χ0v) is 11.8. The quantitative estimate of drug-likeness (QED) is 0.566. The summed E-state index contributed by atoms with van der Waals surface area (Å²) in [5, 5.41) is 8.78. The van der Waals surface area contributed by atoms with Gasteiger partial charge in [-0.2, -0.15) is 5.26 Å². The molecule has 0 radical (unpaired) electrons. The van der Waals surface area contributed by atoms with Crippen LogP contribution in [-0.4, -0.2) is 0 Å². The summed E-state index contributed by atoms with van der Waals surface area (Å²) in [6, 6.07) is 2.33. The second kappa shape index (κ2) is 8.62. The van der Waals surface area contributed by atoms with E-state index in [9.17, 15) is 0 Å². The minimum absolute atomic E-state index is 0.218. The van der Waals surface area contributed by atoms with E-state index < -0.39 is 0 Å². The molecule has 0 aromatic carbocycles. The highest BCUT2D eigenvalue weighted by atomic mass is 14.3. The van der Waals surface area contributed by atoms with Crippen LogP contribution >= 0.6 is 0 Å². The highest BCUT2D eigenvalue weighted by molar-refractivity contribution is 4.80. The molecule has 0 saturated carbocycles. The molecule has 0 saturated heterocycles. The molecule has 0 spiro atoms. The highest BCUT2D eigenvalue weighted by Gasteiger charge is 2.14. The van der Waals surface area contributed by atoms with E-state index in [1.165, 1.54) is 25.7 Å². The van der Waals surface area contributed by atoms with E-state index in [0.717, 1.165) is 18.3 Å². The van der Waals surface area contributed by atoms with Crippen molar-refractivity contribution < 1.29 is 0 Å². The smallest absolute Gasteiger partial charge is 0.0652 e. The topological polar surface area (TPSA) is 23.8 Å². The average molecular weight is 223 g/mol. The first kappa shape index (κ1) is 15.5. The van der Waals surface area contributed by atoms with Gasteiger partial charge in [-0.1, -0.05) is 40.5 Å². The molecule has 0 aliphatic heterocycles. The van der Waals surface area contributed by atoms with Gasteiger partial charge in [0, 0.05) is 5.92 Å². The molecular formula is C15H29N. The van der Waals surface area contributed by atoms with Crippen molar-refractivity contribution in [2.75, 3.05) is 0 Å². The molecule has 16 heavy (non-hydrogen) atoms. The zero-order chi connectivity index (χ0) is 12.6. The first-order valence-electron chi connectivity index (χ1n) is 6.89. The van der Waals surface area contributed by atoms with Crippen molar-refractivity contribution in [3.8, 4) is 6.07 Å². The average Bonchev–Trinajstić information content (AvgIpc) is 2.16. The van der Waals surface area contributed by atoms with Gasteiger partial charge in [-0.15, -0.1) is 0 Å². The molecule has 0 aromatic heterocycles. The van der Waals surface area contributed by atoms with E-state index >= 15 is 0 Å². The molecule has 0 rings (SSSR count). The normalized spacial score (nSPS) is 18.5. The van der Waals surface area contributed by atoms with Crippen molar-refractivity contribution in [1.29, 1.82) is 5.26 Å². The molecule has 0 N–H and O–H groups in total. The second-order valence-corrected chi connectivity index (χ2v) is 5.84. The summed E-state index contributed by atoms with van der Waals surface area (Å²) >= 11 is 0. The van der Waals surface area contributed by atoms with E-state index in [1.807, 2.05) is 6.92 Å². The van der Waals surface area contributed by atoms with Gasteiger partial charge in [0.25, 0.3) is 0 Å². The van der Waals surface area contributed by atoms with E-state index in [0.29, 0.717) is 5.92 Å². The van der Waals surface area contributed by atoms with Crippen molar-refractivity contribution in [3.63, 3.8) is 0 Å². The Balaban J connectivity index is 3.78. The molecular weight excluding hydrogens is 194 g/mol. The lowest BCUT2D eigenvalue weighted by atomic mass is 9.85. The molecule has 0 fully saturated rings. The molecule has 0 amide bonds. The number of nitriles is 1. The lowest BCUT2D eigenvalue weighted by Gasteiger charge is -2.21. The monoisotopic (exact) mass is 223 g/mol. The molecule has 0 heterocycles. The van der Waals surface area contributed by atoms with Crippen molar-refractivity contribution in [2.45, 2.75) is 66.7 Å². The molecule has 4 unspecified atom stereocenters. The van der Waals surface area contributed by atoms with Crippen LogP contribution in [0, 0.1) is 35.0 Å². The molecule has 1 heteroatoms.